The molecule has 0 atom stereocenters. The predicted octanol–water partition coefficient (Wildman–Crippen LogP) is 0.962. The maximum Gasteiger partial charge on any atom is 0.354 e. The number of carbonyl (C=O) groups is 1. The minimum absolute atomic E-state index is 0.0485. The van der Waals surface area contributed by atoms with E-state index in [1.165, 1.54) is 12.3 Å². The fraction of sp³-hybridized carbons (Fsp3) is 0. The van der Waals surface area contributed by atoms with Gasteiger partial charge in [-0.3, -0.25) is 0 Å². The van der Waals surface area contributed by atoms with Gasteiger partial charge in [0, 0.05) is 6.20 Å². The van der Waals surface area contributed by atoms with Crippen LogP contribution in [0.5, 0.6) is 0 Å². The highest BCUT2D eigenvalue weighted by Crippen LogP contribution is 1.97. The normalized spacial score (nSPS) is 9.30. The summed E-state index contributed by atoms with van der Waals surface area (Å²) < 4.78 is 0. The first-order valence-electron chi connectivity index (χ1n) is 2.71. The number of rotatable bonds is 1. The maximum absolute atomic E-state index is 10.2. The van der Waals surface area contributed by atoms with Crippen LogP contribution in [0, 0.1) is 6.92 Å². The zero-order valence-corrected chi connectivity index (χ0v) is 5.24. The Morgan fingerprint density at radius 2 is 2.30 bits per heavy atom. The van der Waals surface area contributed by atoms with Gasteiger partial charge in [-0.1, -0.05) is 6.07 Å². The van der Waals surface area contributed by atoms with E-state index in [2.05, 4.69) is 11.9 Å². The molecule has 1 radical (unpaired) electrons. The summed E-state index contributed by atoms with van der Waals surface area (Å²) in [5.41, 5.74) is 0.761. The van der Waals surface area contributed by atoms with Gasteiger partial charge < -0.3 is 5.11 Å². The van der Waals surface area contributed by atoms with Crippen LogP contribution in [0.15, 0.2) is 18.3 Å². The lowest BCUT2D eigenvalue weighted by atomic mass is 10.3. The molecule has 1 heterocycles. The number of carboxylic acid groups (broad SMARTS) is 1. The fourth-order valence-corrected chi connectivity index (χ4v) is 0.551. The lowest BCUT2D eigenvalue weighted by Gasteiger charge is -1.91. The van der Waals surface area contributed by atoms with Crippen molar-refractivity contribution in [3.8, 4) is 0 Å². The molecule has 0 fully saturated rings. The van der Waals surface area contributed by atoms with Gasteiger partial charge in [0.05, 0.1) is 0 Å². The molecule has 0 aliphatic carbocycles. The van der Waals surface area contributed by atoms with Crippen LogP contribution in [-0.4, -0.2) is 16.1 Å². The zero-order valence-electron chi connectivity index (χ0n) is 5.24. The summed E-state index contributed by atoms with van der Waals surface area (Å²) in [6.07, 6.45) is 1.42. The van der Waals surface area contributed by atoms with Crippen molar-refractivity contribution in [1.82, 2.24) is 4.98 Å². The molecule has 0 aromatic carbocycles. The van der Waals surface area contributed by atoms with Crippen LogP contribution >= 0.6 is 0 Å². The van der Waals surface area contributed by atoms with Crippen molar-refractivity contribution in [3.05, 3.63) is 36.5 Å². The van der Waals surface area contributed by atoms with Crippen LogP contribution in [0.4, 0.5) is 0 Å². The standard InChI is InChI=1S/C7H6NO2/c1-5-2-3-6(7(9)10)8-4-5/h2-4H,1H2,(H,9,10). The highest BCUT2D eigenvalue weighted by atomic mass is 16.4. The van der Waals surface area contributed by atoms with Crippen LogP contribution in [0.2, 0.25) is 0 Å². The fourth-order valence-electron chi connectivity index (χ4n) is 0.551. The van der Waals surface area contributed by atoms with E-state index in [1.807, 2.05) is 0 Å². The number of hydrogen-bond donors (Lipinski definition) is 1. The first-order chi connectivity index (χ1) is 4.70. The molecule has 0 aliphatic rings. The van der Waals surface area contributed by atoms with Gasteiger partial charge in [-0.15, -0.1) is 0 Å². The second-order valence-electron chi connectivity index (χ2n) is 1.86. The van der Waals surface area contributed by atoms with Crippen LogP contribution in [0.25, 0.3) is 0 Å². The molecule has 0 unspecified atom stereocenters. The Morgan fingerprint density at radius 1 is 1.60 bits per heavy atom. The van der Waals surface area contributed by atoms with Gasteiger partial charge in [0.2, 0.25) is 0 Å². The van der Waals surface area contributed by atoms with E-state index in [-0.39, 0.29) is 5.69 Å². The Balaban J connectivity index is 3.00. The van der Waals surface area contributed by atoms with E-state index in [0.29, 0.717) is 5.56 Å². The molecular formula is C7H6NO2. The van der Waals surface area contributed by atoms with Gasteiger partial charge in [0.25, 0.3) is 0 Å². The number of nitrogens with zero attached hydrogens (tertiary/aromatic N) is 1. The number of pyridine rings is 1. The number of aromatic nitrogens is 1. The minimum Gasteiger partial charge on any atom is -0.477 e. The third kappa shape index (κ3) is 1.31. The number of carboxylic acids is 1. The SMILES string of the molecule is [CH2]c1ccc(C(=O)O)nc1. The van der Waals surface area contributed by atoms with Crippen molar-refractivity contribution in [2.75, 3.05) is 0 Å². The first kappa shape index (κ1) is 6.74. The topological polar surface area (TPSA) is 50.2 Å². The highest BCUT2D eigenvalue weighted by Gasteiger charge is 2.00. The molecule has 1 N–H and O–H groups in total. The molecule has 0 amide bonds. The average Bonchev–Trinajstić information content (AvgIpc) is 1.88. The summed E-state index contributed by atoms with van der Waals surface area (Å²) >= 11 is 0. The molecule has 3 nitrogen and oxygen atoms in total. The van der Waals surface area contributed by atoms with Gasteiger partial charge in [0.15, 0.2) is 0 Å². The van der Waals surface area contributed by atoms with Gasteiger partial charge in [0.1, 0.15) is 5.69 Å². The van der Waals surface area contributed by atoms with Crippen molar-refractivity contribution in [2.24, 2.45) is 0 Å². The van der Waals surface area contributed by atoms with E-state index < -0.39 is 5.97 Å². The number of hydrogen-bond acceptors (Lipinski definition) is 2. The Labute approximate surface area is 58.3 Å². The first-order valence-corrected chi connectivity index (χ1v) is 2.71. The van der Waals surface area contributed by atoms with Crippen molar-refractivity contribution < 1.29 is 9.90 Å². The molecule has 0 aliphatic heterocycles. The zero-order chi connectivity index (χ0) is 7.56. The molecule has 0 bridgehead atoms. The van der Waals surface area contributed by atoms with E-state index in [0.717, 1.165) is 0 Å². The minimum atomic E-state index is -1.01. The summed E-state index contributed by atoms with van der Waals surface area (Å²) in [7, 11) is 0. The van der Waals surface area contributed by atoms with Crippen molar-refractivity contribution >= 4 is 5.97 Å². The monoisotopic (exact) mass is 136 g/mol. The molecule has 1 rings (SSSR count). The Kier molecular flexibility index (Phi) is 1.67. The van der Waals surface area contributed by atoms with Crippen LogP contribution in [-0.2, 0) is 0 Å². The molecule has 51 valence electrons. The average molecular weight is 136 g/mol. The maximum atomic E-state index is 10.2. The molecule has 0 spiro atoms. The quantitative estimate of drug-likeness (QED) is 0.625. The van der Waals surface area contributed by atoms with E-state index >= 15 is 0 Å². The summed E-state index contributed by atoms with van der Waals surface area (Å²) in [6.45, 7) is 3.57. The lowest BCUT2D eigenvalue weighted by molar-refractivity contribution is 0.0690. The van der Waals surface area contributed by atoms with Crippen LogP contribution in [0.1, 0.15) is 16.1 Å². The lowest BCUT2D eigenvalue weighted by Crippen LogP contribution is -1.98. The van der Waals surface area contributed by atoms with Crippen molar-refractivity contribution in [1.29, 1.82) is 0 Å². The molecule has 0 saturated heterocycles. The Morgan fingerprint density at radius 3 is 2.70 bits per heavy atom. The molecule has 10 heavy (non-hydrogen) atoms. The Hall–Kier alpha value is -1.38. The van der Waals surface area contributed by atoms with Crippen molar-refractivity contribution in [3.63, 3.8) is 0 Å². The highest BCUT2D eigenvalue weighted by molar-refractivity contribution is 5.85. The van der Waals surface area contributed by atoms with E-state index in [1.54, 1.807) is 6.07 Å². The predicted molar refractivity (Wildman–Crippen MR) is 35.7 cm³/mol. The van der Waals surface area contributed by atoms with Gasteiger partial charge in [-0.25, -0.2) is 9.78 Å². The second-order valence-corrected chi connectivity index (χ2v) is 1.86. The molecule has 0 saturated carbocycles. The summed E-state index contributed by atoms with van der Waals surface area (Å²) in [6, 6.07) is 3.03. The van der Waals surface area contributed by atoms with Gasteiger partial charge in [-0.05, 0) is 18.6 Å². The third-order valence-electron chi connectivity index (χ3n) is 1.04. The van der Waals surface area contributed by atoms with Crippen molar-refractivity contribution in [2.45, 2.75) is 0 Å². The molecular weight excluding hydrogens is 130 g/mol. The molecule has 3 heteroatoms. The van der Waals surface area contributed by atoms with Gasteiger partial charge >= 0.3 is 5.97 Å². The van der Waals surface area contributed by atoms with Crippen LogP contribution < -0.4 is 0 Å². The summed E-state index contributed by atoms with van der Waals surface area (Å²) in [5, 5.41) is 8.39. The van der Waals surface area contributed by atoms with Gasteiger partial charge in [-0.2, -0.15) is 0 Å². The largest absolute Gasteiger partial charge is 0.477 e. The summed E-state index contributed by atoms with van der Waals surface area (Å²) in [4.78, 5) is 13.8. The van der Waals surface area contributed by atoms with Crippen LogP contribution in [0.3, 0.4) is 0 Å². The summed E-state index contributed by atoms with van der Waals surface area (Å²) in [5.74, 6) is -1.01. The molecule has 1 aromatic rings. The second kappa shape index (κ2) is 2.47. The van der Waals surface area contributed by atoms with E-state index in [9.17, 15) is 4.79 Å². The number of aromatic carboxylic acids is 1. The Bertz CT molecular complexity index is 240. The smallest absolute Gasteiger partial charge is 0.354 e. The van der Waals surface area contributed by atoms with E-state index in [4.69, 9.17) is 5.11 Å². The third-order valence-corrected chi connectivity index (χ3v) is 1.04. The molecule has 1 aromatic heterocycles.